The molecule has 1 aromatic rings. The predicted molar refractivity (Wildman–Crippen MR) is 94.6 cm³/mol. The summed E-state index contributed by atoms with van der Waals surface area (Å²) in [6, 6.07) is 6.91. The van der Waals surface area contributed by atoms with E-state index in [4.69, 9.17) is 11.6 Å². The standard InChI is InChI=1S/C15H21ClN4O2S/c1-19-6-8-20(9-7-19)18-15(22)11-23-10-14(21)17-13-4-2-12(16)3-5-13/h2-5H,6-11H2,1H3,(H,17,21)(H,18,22). The van der Waals surface area contributed by atoms with Gasteiger partial charge in [-0.3, -0.25) is 15.0 Å². The summed E-state index contributed by atoms with van der Waals surface area (Å²) < 4.78 is 0. The van der Waals surface area contributed by atoms with Gasteiger partial charge in [-0.15, -0.1) is 11.8 Å². The van der Waals surface area contributed by atoms with E-state index in [1.807, 2.05) is 5.01 Å². The number of nitrogens with zero attached hydrogens (tertiary/aromatic N) is 2. The lowest BCUT2D eigenvalue weighted by atomic mass is 10.3. The first-order valence-corrected chi connectivity index (χ1v) is 8.92. The second kappa shape index (κ2) is 9.12. The summed E-state index contributed by atoms with van der Waals surface area (Å²) in [6.07, 6.45) is 0. The van der Waals surface area contributed by atoms with E-state index >= 15 is 0 Å². The lowest BCUT2D eigenvalue weighted by molar-refractivity contribution is -0.124. The maximum Gasteiger partial charge on any atom is 0.244 e. The van der Waals surface area contributed by atoms with Crippen molar-refractivity contribution in [1.82, 2.24) is 15.3 Å². The smallest absolute Gasteiger partial charge is 0.244 e. The zero-order valence-electron chi connectivity index (χ0n) is 13.0. The minimum absolute atomic E-state index is 0.0705. The summed E-state index contributed by atoms with van der Waals surface area (Å²) in [7, 11) is 2.06. The Labute approximate surface area is 145 Å². The summed E-state index contributed by atoms with van der Waals surface area (Å²) >= 11 is 7.08. The number of rotatable bonds is 6. The van der Waals surface area contributed by atoms with Crippen LogP contribution in [0.2, 0.25) is 5.02 Å². The molecule has 0 saturated carbocycles. The molecule has 1 heterocycles. The summed E-state index contributed by atoms with van der Waals surface area (Å²) in [5.41, 5.74) is 3.57. The van der Waals surface area contributed by atoms with Crippen LogP contribution in [0.5, 0.6) is 0 Å². The van der Waals surface area contributed by atoms with Crippen LogP contribution >= 0.6 is 23.4 Å². The fourth-order valence-electron chi connectivity index (χ4n) is 2.09. The first-order valence-electron chi connectivity index (χ1n) is 7.39. The van der Waals surface area contributed by atoms with Gasteiger partial charge in [-0.25, -0.2) is 5.01 Å². The number of anilines is 1. The molecule has 1 aromatic carbocycles. The average molecular weight is 357 g/mol. The molecule has 0 radical (unpaired) electrons. The van der Waals surface area contributed by atoms with E-state index in [1.54, 1.807) is 24.3 Å². The number of halogens is 1. The lowest BCUT2D eigenvalue weighted by Gasteiger charge is -2.32. The highest BCUT2D eigenvalue weighted by Crippen LogP contribution is 2.13. The van der Waals surface area contributed by atoms with Crippen molar-refractivity contribution in [2.45, 2.75) is 0 Å². The monoisotopic (exact) mass is 356 g/mol. The lowest BCUT2D eigenvalue weighted by Crippen LogP contribution is -2.53. The van der Waals surface area contributed by atoms with E-state index in [9.17, 15) is 9.59 Å². The molecule has 8 heteroatoms. The summed E-state index contributed by atoms with van der Waals surface area (Å²) in [4.78, 5) is 25.8. The van der Waals surface area contributed by atoms with Gasteiger partial charge in [-0.1, -0.05) is 11.6 Å². The Balaban J connectivity index is 1.61. The molecule has 1 aliphatic rings. The van der Waals surface area contributed by atoms with Gasteiger partial charge in [0, 0.05) is 36.9 Å². The molecular formula is C15H21ClN4O2S. The molecule has 2 N–H and O–H groups in total. The topological polar surface area (TPSA) is 64.7 Å². The Morgan fingerprint density at radius 3 is 2.35 bits per heavy atom. The Morgan fingerprint density at radius 1 is 1.09 bits per heavy atom. The third-order valence-electron chi connectivity index (χ3n) is 3.38. The minimum Gasteiger partial charge on any atom is -0.325 e. The quantitative estimate of drug-likeness (QED) is 0.804. The van der Waals surface area contributed by atoms with Crippen LogP contribution in [0.15, 0.2) is 24.3 Å². The van der Waals surface area contributed by atoms with Crippen LogP contribution in [0, 0.1) is 0 Å². The predicted octanol–water partition coefficient (Wildman–Crippen LogP) is 1.29. The van der Waals surface area contributed by atoms with Crippen LogP contribution in [-0.2, 0) is 9.59 Å². The molecule has 23 heavy (non-hydrogen) atoms. The van der Waals surface area contributed by atoms with Crippen LogP contribution in [0.25, 0.3) is 0 Å². The van der Waals surface area contributed by atoms with Gasteiger partial charge in [0.1, 0.15) is 0 Å². The largest absolute Gasteiger partial charge is 0.325 e. The highest BCUT2D eigenvalue weighted by molar-refractivity contribution is 8.00. The first-order chi connectivity index (χ1) is 11.0. The number of nitrogens with one attached hydrogen (secondary N) is 2. The zero-order chi connectivity index (χ0) is 16.7. The Morgan fingerprint density at radius 2 is 1.70 bits per heavy atom. The highest BCUT2D eigenvalue weighted by atomic mass is 35.5. The van der Waals surface area contributed by atoms with Crippen molar-refractivity contribution < 1.29 is 9.59 Å². The number of hydrazine groups is 1. The molecular weight excluding hydrogens is 336 g/mol. The van der Waals surface area contributed by atoms with E-state index in [0.29, 0.717) is 10.7 Å². The molecule has 2 rings (SSSR count). The Hall–Kier alpha value is -1.28. The third-order valence-corrected chi connectivity index (χ3v) is 4.56. The van der Waals surface area contributed by atoms with Crippen molar-refractivity contribution >= 4 is 40.9 Å². The van der Waals surface area contributed by atoms with Gasteiger partial charge < -0.3 is 10.2 Å². The number of thioether (sulfide) groups is 1. The van der Waals surface area contributed by atoms with Gasteiger partial charge in [-0.05, 0) is 31.3 Å². The van der Waals surface area contributed by atoms with Crippen LogP contribution in [0.1, 0.15) is 0 Å². The molecule has 1 saturated heterocycles. The van der Waals surface area contributed by atoms with Gasteiger partial charge in [0.2, 0.25) is 11.8 Å². The zero-order valence-corrected chi connectivity index (χ0v) is 14.6. The van der Waals surface area contributed by atoms with Gasteiger partial charge in [-0.2, -0.15) is 0 Å². The van der Waals surface area contributed by atoms with Gasteiger partial charge in [0.25, 0.3) is 0 Å². The van der Waals surface area contributed by atoms with Crippen molar-refractivity contribution in [3.63, 3.8) is 0 Å². The highest BCUT2D eigenvalue weighted by Gasteiger charge is 2.15. The molecule has 0 unspecified atom stereocenters. The second-order valence-electron chi connectivity index (χ2n) is 5.37. The fourth-order valence-corrected chi connectivity index (χ4v) is 2.83. The number of carbonyl (C=O) groups excluding carboxylic acids is 2. The van der Waals surface area contributed by atoms with Crippen LogP contribution in [0.3, 0.4) is 0 Å². The van der Waals surface area contributed by atoms with E-state index in [0.717, 1.165) is 26.2 Å². The fraction of sp³-hybridized carbons (Fsp3) is 0.467. The van der Waals surface area contributed by atoms with Gasteiger partial charge in [0.05, 0.1) is 11.5 Å². The number of likely N-dealkylation sites (N-methyl/N-ethyl adjacent to an activating group) is 1. The van der Waals surface area contributed by atoms with E-state index in [-0.39, 0.29) is 23.3 Å². The second-order valence-corrected chi connectivity index (χ2v) is 6.80. The molecule has 1 fully saturated rings. The number of piperazine rings is 1. The van der Waals surface area contributed by atoms with E-state index < -0.39 is 0 Å². The maximum atomic E-state index is 11.8. The minimum atomic E-state index is -0.135. The van der Waals surface area contributed by atoms with Crippen LogP contribution in [0.4, 0.5) is 5.69 Å². The molecule has 0 atom stereocenters. The molecule has 0 spiro atoms. The van der Waals surface area contributed by atoms with E-state index in [2.05, 4.69) is 22.7 Å². The molecule has 0 bridgehead atoms. The summed E-state index contributed by atoms with van der Waals surface area (Å²) in [5, 5.41) is 5.31. The number of carbonyl (C=O) groups is 2. The van der Waals surface area contributed by atoms with Crippen molar-refractivity contribution in [3.8, 4) is 0 Å². The molecule has 1 aliphatic heterocycles. The first kappa shape index (κ1) is 18.1. The maximum absolute atomic E-state index is 11.8. The number of hydrogen-bond donors (Lipinski definition) is 2. The van der Waals surface area contributed by atoms with Gasteiger partial charge in [0.15, 0.2) is 0 Å². The number of amides is 2. The van der Waals surface area contributed by atoms with E-state index in [1.165, 1.54) is 11.8 Å². The van der Waals surface area contributed by atoms with Gasteiger partial charge >= 0.3 is 0 Å². The average Bonchev–Trinajstić information content (AvgIpc) is 2.52. The van der Waals surface area contributed by atoms with Crippen LogP contribution in [-0.4, -0.2) is 66.5 Å². The number of benzene rings is 1. The number of hydrogen-bond acceptors (Lipinski definition) is 5. The molecule has 0 aromatic heterocycles. The molecule has 2 amide bonds. The normalized spacial score (nSPS) is 16.1. The Kier molecular flexibility index (Phi) is 7.16. The molecule has 0 aliphatic carbocycles. The third kappa shape index (κ3) is 6.78. The SMILES string of the molecule is CN1CCN(NC(=O)CSCC(=O)Nc2ccc(Cl)cc2)CC1. The van der Waals surface area contributed by atoms with Crippen molar-refractivity contribution in [3.05, 3.63) is 29.3 Å². The van der Waals surface area contributed by atoms with Crippen molar-refractivity contribution in [1.29, 1.82) is 0 Å². The Bertz CT molecular complexity index is 533. The van der Waals surface area contributed by atoms with Crippen LogP contribution < -0.4 is 10.7 Å². The van der Waals surface area contributed by atoms with Crippen molar-refractivity contribution in [2.75, 3.05) is 50.0 Å². The molecule has 6 nitrogen and oxygen atoms in total. The summed E-state index contributed by atoms with van der Waals surface area (Å²) in [5.74, 6) is 0.294. The summed E-state index contributed by atoms with van der Waals surface area (Å²) in [6.45, 7) is 3.53. The van der Waals surface area contributed by atoms with Crippen molar-refractivity contribution in [2.24, 2.45) is 0 Å². The molecule has 126 valence electrons.